The summed E-state index contributed by atoms with van der Waals surface area (Å²) >= 11 is 17.5. The van der Waals surface area contributed by atoms with Gasteiger partial charge in [0.15, 0.2) is 11.7 Å². The molecule has 19 heavy (non-hydrogen) atoms. The minimum Gasteiger partial charge on any atom is -0.347 e. The second kappa shape index (κ2) is 6.25. The highest BCUT2D eigenvalue weighted by molar-refractivity contribution is 6.45. The van der Waals surface area contributed by atoms with E-state index in [0.29, 0.717) is 0 Å². The molecular formula is C12H9Cl3N2O2. The summed E-state index contributed by atoms with van der Waals surface area (Å²) in [5.41, 5.74) is -0.0408. The number of rotatable bonds is 3. The number of carbonyl (C=O) groups excluding carboxylic acids is 2. The summed E-state index contributed by atoms with van der Waals surface area (Å²) in [7, 11) is 2.90. The van der Waals surface area contributed by atoms with Crippen molar-refractivity contribution in [3.63, 3.8) is 0 Å². The van der Waals surface area contributed by atoms with Crippen molar-refractivity contribution < 1.29 is 9.59 Å². The number of amides is 1. The van der Waals surface area contributed by atoms with Crippen LogP contribution in [0, 0.1) is 17.2 Å². The van der Waals surface area contributed by atoms with E-state index in [1.165, 1.54) is 26.2 Å². The Hall–Kier alpha value is -1.28. The van der Waals surface area contributed by atoms with Crippen molar-refractivity contribution in [2.45, 2.75) is 0 Å². The lowest BCUT2D eigenvalue weighted by atomic mass is 9.97. The number of Topliss-reactive ketones (excluding diaryl/α,β-unsaturated/α-hetero) is 1. The van der Waals surface area contributed by atoms with Crippen LogP contribution in [-0.2, 0) is 4.79 Å². The van der Waals surface area contributed by atoms with Gasteiger partial charge in [-0.2, -0.15) is 5.26 Å². The molecule has 0 heterocycles. The van der Waals surface area contributed by atoms with Crippen LogP contribution in [-0.4, -0.2) is 30.7 Å². The van der Waals surface area contributed by atoms with E-state index in [1.807, 2.05) is 0 Å². The molecule has 4 nitrogen and oxygen atoms in total. The van der Waals surface area contributed by atoms with Gasteiger partial charge < -0.3 is 4.90 Å². The molecule has 100 valence electrons. The first-order chi connectivity index (χ1) is 8.79. The van der Waals surface area contributed by atoms with Crippen molar-refractivity contribution in [1.82, 2.24) is 4.90 Å². The Morgan fingerprint density at radius 1 is 1.26 bits per heavy atom. The molecule has 0 spiro atoms. The van der Waals surface area contributed by atoms with E-state index in [4.69, 9.17) is 40.1 Å². The number of benzene rings is 1. The largest absolute Gasteiger partial charge is 0.347 e. The van der Waals surface area contributed by atoms with Gasteiger partial charge in [0.2, 0.25) is 5.91 Å². The predicted octanol–water partition coefficient (Wildman–Crippen LogP) is 3.06. The number of nitriles is 1. The van der Waals surface area contributed by atoms with Gasteiger partial charge in [0.05, 0.1) is 16.1 Å². The molecule has 0 aromatic heterocycles. The van der Waals surface area contributed by atoms with Crippen molar-refractivity contribution in [3.8, 4) is 6.07 Å². The second-order valence-electron chi connectivity index (χ2n) is 3.91. The Bertz CT molecular complexity index is 579. The smallest absolute Gasteiger partial charge is 0.247 e. The van der Waals surface area contributed by atoms with Crippen LogP contribution in [0.3, 0.4) is 0 Å². The minimum absolute atomic E-state index is 0.0251. The monoisotopic (exact) mass is 318 g/mol. The Morgan fingerprint density at radius 3 is 2.32 bits per heavy atom. The van der Waals surface area contributed by atoms with Gasteiger partial charge in [-0.1, -0.05) is 34.8 Å². The molecular weight excluding hydrogens is 311 g/mol. The number of hydrogen-bond acceptors (Lipinski definition) is 3. The summed E-state index contributed by atoms with van der Waals surface area (Å²) in [5.74, 6) is -2.82. The fourth-order valence-electron chi connectivity index (χ4n) is 1.37. The van der Waals surface area contributed by atoms with E-state index < -0.39 is 17.6 Å². The maximum Gasteiger partial charge on any atom is 0.247 e. The van der Waals surface area contributed by atoms with Gasteiger partial charge in [-0.25, -0.2) is 0 Å². The lowest BCUT2D eigenvalue weighted by Crippen LogP contribution is -2.33. The first-order valence-electron chi connectivity index (χ1n) is 5.09. The first kappa shape index (κ1) is 15.8. The third-order valence-electron chi connectivity index (χ3n) is 2.34. The summed E-state index contributed by atoms with van der Waals surface area (Å²) < 4.78 is 0. The topological polar surface area (TPSA) is 61.2 Å². The van der Waals surface area contributed by atoms with E-state index in [2.05, 4.69) is 0 Å². The summed E-state index contributed by atoms with van der Waals surface area (Å²) in [4.78, 5) is 25.1. The number of nitrogens with zero attached hydrogens (tertiary/aromatic N) is 2. The maximum absolute atomic E-state index is 12.2. The maximum atomic E-state index is 12.2. The molecule has 1 rings (SSSR count). The Morgan fingerprint density at radius 2 is 1.84 bits per heavy atom. The molecule has 1 amide bonds. The Kier molecular flexibility index (Phi) is 5.19. The molecule has 7 heteroatoms. The zero-order valence-corrected chi connectivity index (χ0v) is 12.3. The van der Waals surface area contributed by atoms with Gasteiger partial charge >= 0.3 is 0 Å². The molecule has 0 fully saturated rings. The molecule has 1 aromatic carbocycles. The third-order valence-corrected chi connectivity index (χ3v) is 3.36. The summed E-state index contributed by atoms with van der Waals surface area (Å²) in [6.07, 6.45) is 0. The second-order valence-corrected chi connectivity index (χ2v) is 5.13. The molecule has 0 N–H and O–H groups in total. The lowest BCUT2D eigenvalue weighted by molar-refractivity contribution is -0.129. The van der Waals surface area contributed by atoms with E-state index in [9.17, 15) is 9.59 Å². The molecule has 0 aliphatic carbocycles. The lowest BCUT2D eigenvalue weighted by Gasteiger charge is -2.15. The van der Waals surface area contributed by atoms with Crippen LogP contribution in [0.4, 0.5) is 0 Å². The number of halogens is 3. The van der Waals surface area contributed by atoms with Gasteiger partial charge in [0.1, 0.15) is 0 Å². The molecule has 1 unspecified atom stereocenters. The summed E-state index contributed by atoms with van der Waals surface area (Å²) in [6.45, 7) is 0. The van der Waals surface area contributed by atoms with Crippen LogP contribution in [0.2, 0.25) is 15.1 Å². The molecule has 0 bridgehead atoms. The fraction of sp³-hybridized carbons (Fsp3) is 0.250. The zero-order chi connectivity index (χ0) is 14.7. The zero-order valence-electron chi connectivity index (χ0n) is 10.1. The van der Waals surface area contributed by atoms with Crippen LogP contribution in [0.15, 0.2) is 12.1 Å². The molecule has 0 aliphatic rings. The molecule has 0 saturated carbocycles. The van der Waals surface area contributed by atoms with Crippen molar-refractivity contribution >= 4 is 46.5 Å². The predicted molar refractivity (Wildman–Crippen MR) is 73.6 cm³/mol. The summed E-state index contributed by atoms with van der Waals surface area (Å²) in [5, 5.41) is 9.24. The standard InChI is InChI=1S/C12H9Cl3N2O2/c1-17(2)12(19)8(5-16)11(18)7-3-6(13)4-9(14)10(7)15/h3-4,8H,1-2H3. The SMILES string of the molecule is CN(C)C(=O)C(C#N)C(=O)c1cc(Cl)cc(Cl)c1Cl. The molecule has 1 aromatic rings. The van der Waals surface area contributed by atoms with Crippen molar-refractivity contribution in [1.29, 1.82) is 5.26 Å². The number of carbonyl (C=O) groups is 2. The fourth-order valence-corrected chi connectivity index (χ4v) is 2.07. The van der Waals surface area contributed by atoms with Crippen LogP contribution in [0.5, 0.6) is 0 Å². The highest BCUT2D eigenvalue weighted by atomic mass is 35.5. The Balaban J connectivity index is 3.27. The average Bonchev–Trinajstić information content (AvgIpc) is 2.34. The van der Waals surface area contributed by atoms with Gasteiger partial charge in [0, 0.05) is 24.7 Å². The van der Waals surface area contributed by atoms with Crippen LogP contribution in [0.1, 0.15) is 10.4 Å². The van der Waals surface area contributed by atoms with Gasteiger partial charge in [-0.15, -0.1) is 0 Å². The summed E-state index contributed by atoms with van der Waals surface area (Å²) in [6, 6.07) is 4.32. The normalized spacial score (nSPS) is 11.6. The van der Waals surface area contributed by atoms with E-state index in [1.54, 1.807) is 6.07 Å². The third kappa shape index (κ3) is 3.38. The van der Waals surface area contributed by atoms with Crippen LogP contribution in [0.25, 0.3) is 0 Å². The van der Waals surface area contributed by atoms with Crippen molar-refractivity contribution in [2.24, 2.45) is 5.92 Å². The van der Waals surface area contributed by atoms with E-state index >= 15 is 0 Å². The highest BCUT2D eigenvalue weighted by Gasteiger charge is 2.30. The van der Waals surface area contributed by atoms with Gasteiger partial charge in [0.25, 0.3) is 0 Å². The molecule has 0 saturated heterocycles. The van der Waals surface area contributed by atoms with Gasteiger partial charge in [-0.05, 0) is 12.1 Å². The van der Waals surface area contributed by atoms with E-state index in [-0.39, 0.29) is 20.6 Å². The molecule has 1 atom stereocenters. The first-order valence-corrected chi connectivity index (χ1v) is 6.22. The highest BCUT2D eigenvalue weighted by Crippen LogP contribution is 2.31. The molecule has 0 radical (unpaired) electrons. The number of hydrogen-bond donors (Lipinski definition) is 0. The van der Waals surface area contributed by atoms with Crippen LogP contribution >= 0.6 is 34.8 Å². The van der Waals surface area contributed by atoms with E-state index in [0.717, 1.165) is 4.90 Å². The number of ketones is 1. The Labute approximate surface area is 125 Å². The minimum atomic E-state index is -1.47. The van der Waals surface area contributed by atoms with Crippen molar-refractivity contribution in [2.75, 3.05) is 14.1 Å². The van der Waals surface area contributed by atoms with Crippen LogP contribution < -0.4 is 0 Å². The molecule has 0 aliphatic heterocycles. The van der Waals surface area contributed by atoms with Gasteiger partial charge in [-0.3, -0.25) is 9.59 Å². The average molecular weight is 320 g/mol. The van der Waals surface area contributed by atoms with Crippen molar-refractivity contribution in [3.05, 3.63) is 32.8 Å². The quantitative estimate of drug-likeness (QED) is 0.489.